The molecule has 6 heteroatoms. The van der Waals surface area contributed by atoms with Gasteiger partial charge < -0.3 is 20.5 Å². The molecule has 0 saturated carbocycles. The number of amides is 1. The van der Waals surface area contributed by atoms with Crippen LogP contribution in [-0.4, -0.2) is 48.8 Å². The third-order valence-electron chi connectivity index (χ3n) is 2.64. The molecule has 17 heavy (non-hydrogen) atoms. The lowest BCUT2D eigenvalue weighted by Gasteiger charge is -2.30. The molecule has 0 aromatic heterocycles. The van der Waals surface area contributed by atoms with Crippen molar-refractivity contribution in [3.05, 3.63) is 0 Å². The summed E-state index contributed by atoms with van der Waals surface area (Å²) in [4.78, 5) is 22.9. The standard InChI is InChI=1S/C11H20N2O4/c1-11(2,3)8(10(15)16)13-9(14)7-6-17-5-4-12-7/h7-8,12H,4-6H2,1-3H3,(H,13,14)(H,15,16)/t7?,8-/m0/s1. The first-order chi connectivity index (χ1) is 7.82. The molecule has 0 spiro atoms. The lowest BCUT2D eigenvalue weighted by Crippen LogP contribution is -2.57. The summed E-state index contributed by atoms with van der Waals surface area (Å²) in [5.74, 6) is -1.35. The van der Waals surface area contributed by atoms with Gasteiger partial charge in [-0.1, -0.05) is 20.8 Å². The molecule has 1 fully saturated rings. The van der Waals surface area contributed by atoms with Crippen LogP contribution < -0.4 is 10.6 Å². The number of nitrogens with one attached hydrogen (secondary N) is 2. The fourth-order valence-corrected chi connectivity index (χ4v) is 1.63. The quantitative estimate of drug-likeness (QED) is 0.628. The zero-order valence-corrected chi connectivity index (χ0v) is 10.4. The van der Waals surface area contributed by atoms with Gasteiger partial charge in [-0.2, -0.15) is 0 Å². The van der Waals surface area contributed by atoms with Crippen molar-refractivity contribution >= 4 is 11.9 Å². The minimum atomic E-state index is -1.03. The predicted octanol–water partition coefficient (Wildman–Crippen LogP) is -0.410. The van der Waals surface area contributed by atoms with Crippen LogP contribution in [-0.2, 0) is 14.3 Å². The van der Waals surface area contributed by atoms with Crippen molar-refractivity contribution < 1.29 is 19.4 Å². The van der Waals surface area contributed by atoms with Gasteiger partial charge in [-0.05, 0) is 5.41 Å². The summed E-state index contributed by atoms with van der Waals surface area (Å²) < 4.78 is 5.16. The van der Waals surface area contributed by atoms with E-state index in [-0.39, 0.29) is 12.5 Å². The maximum atomic E-state index is 11.8. The molecule has 2 atom stereocenters. The number of morpholine rings is 1. The Morgan fingerprint density at radius 3 is 2.53 bits per heavy atom. The van der Waals surface area contributed by atoms with Gasteiger partial charge in [-0.25, -0.2) is 4.79 Å². The number of carbonyl (C=O) groups excluding carboxylic acids is 1. The fourth-order valence-electron chi connectivity index (χ4n) is 1.63. The zero-order valence-electron chi connectivity index (χ0n) is 10.4. The van der Waals surface area contributed by atoms with E-state index >= 15 is 0 Å². The molecular weight excluding hydrogens is 224 g/mol. The molecule has 6 nitrogen and oxygen atoms in total. The van der Waals surface area contributed by atoms with E-state index in [1.54, 1.807) is 20.8 Å². The Balaban J connectivity index is 2.60. The monoisotopic (exact) mass is 244 g/mol. The van der Waals surface area contributed by atoms with Gasteiger partial charge in [0.25, 0.3) is 0 Å². The van der Waals surface area contributed by atoms with Crippen LogP contribution in [0.3, 0.4) is 0 Å². The first-order valence-electron chi connectivity index (χ1n) is 5.66. The second-order valence-corrected chi connectivity index (χ2v) is 5.23. The van der Waals surface area contributed by atoms with E-state index in [1.807, 2.05) is 0 Å². The molecule has 1 saturated heterocycles. The van der Waals surface area contributed by atoms with Gasteiger partial charge in [0, 0.05) is 6.54 Å². The number of carbonyl (C=O) groups is 2. The average molecular weight is 244 g/mol. The number of ether oxygens (including phenoxy) is 1. The summed E-state index contributed by atoms with van der Waals surface area (Å²) in [6.07, 6.45) is 0. The Morgan fingerprint density at radius 2 is 2.12 bits per heavy atom. The molecular formula is C11H20N2O4. The van der Waals surface area contributed by atoms with E-state index < -0.39 is 23.5 Å². The highest BCUT2D eigenvalue weighted by molar-refractivity contribution is 5.87. The summed E-state index contributed by atoms with van der Waals surface area (Å²) in [6.45, 7) is 6.78. The van der Waals surface area contributed by atoms with Gasteiger partial charge in [0.1, 0.15) is 12.1 Å². The number of hydrogen-bond donors (Lipinski definition) is 3. The number of carboxylic acid groups (broad SMARTS) is 1. The van der Waals surface area contributed by atoms with Crippen molar-refractivity contribution in [2.45, 2.75) is 32.9 Å². The zero-order chi connectivity index (χ0) is 13.1. The van der Waals surface area contributed by atoms with Crippen molar-refractivity contribution in [2.75, 3.05) is 19.8 Å². The third-order valence-corrected chi connectivity index (χ3v) is 2.64. The second kappa shape index (κ2) is 5.46. The number of rotatable bonds is 3. The summed E-state index contributed by atoms with van der Waals surface area (Å²) >= 11 is 0. The summed E-state index contributed by atoms with van der Waals surface area (Å²) in [5.41, 5.74) is -0.531. The van der Waals surface area contributed by atoms with Gasteiger partial charge in [0.05, 0.1) is 13.2 Å². The maximum Gasteiger partial charge on any atom is 0.326 e. The lowest BCUT2D eigenvalue weighted by atomic mass is 9.86. The van der Waals surface area contributed by atoms with Crippen LogP contribution in [0.1, 0.15) is 20.8 Å². The normalized spacial score (nSPS) is 22.9. The lowest BCUT2D eigenvalue weighted by molar-refractivity contribution is -0.145. The van der Waals surface area contributed by atoms with Crippen molar-refractivity contribution in [3.63, 3.8) is 0 Å². The van der Waals surface area contributed by atoms with Crippen molar-refractivity contribution in [2.24, 2.45) is 5.41 Å². The van der Waals surface area contributed by atoms with Crippen LogP contribution in [0.2, 0.25) is 0 Å². The smallest absolute Gasteiger partial charge is 0.326 e. The highest BCUT2D eigenvalue weighted by Gasteiger charge is 2.34. The highest BCUT2D eigenvalue weighted by Crippen LogP contribution is 2.19. The molecule has 0 aliphatic carbocycles. The van der Waals surface area contributed by atoms with E-state index in [9.17, 15) is 9.59 Å². The van der Waals surface area contributed by atoms with Gasteiger partial charge in [-0.15, -0.1) is 0 Å². The molecule has 1 aliphatic rings. The van der Waals surface area contributed by atoms with Gasteiger partial charge >= 0.3 is 5.97 Å². The van der Waals surface area contributed by atoms with Gasteiger partial charge in [0.2, 0.25) is 5.91 Å². The molecule has 1 rings (SSSR count). The second-order valence-electron chi connectivity index (χ2n) is 5.23. The Morgan fingerprint density at radius 1 is 1.47 bits per heavy atom. The summed E-state index contributed by atoms with van der Waals surface area (Å²) in [5, 5.41) is 14.6. The number of carboxylic acids is 1. The predicted molar refractivity (Wildman–Crippen MR) is 61.6 cm³/mol. The van der Waals surface area contributed by atoms with Crippen LogP contribution in [0, 0.1) is 5.41 Å². The van der Waals surface area contributed by atoms with Crippen LogP contribution in [0.5, 0.6) is 0 Å². The van der Waals surface area contributed by atoms with E-state index in [4.69, 9.17) is 9.84 Å². The minimum absolute atomic E-state index is 0.280. The molecule has 0 radical (unpaired) electrons. The Bertz CT molecular complexity index is 292. The topological polar surface area (TPSA) is 87.7 Å². The Labute approximate surface area is 101 Å². The first kappa shape index (κ1) is 13.9. The van der Waals surface area contributed by atoms with Crippen molar-refractivity contribution in [1.82, 2.24) is 10.6 Å². The number of aliphatic carboxylic acids is 1. The van der Waals surface area contributed by atoms with Crippen molar-refractivity contribution in [1.29, 1.82) is 0 Å². The molecule has 1 heterocycles. The van der Waals surface area contributed by atoms with E-state index in [1.165, 1.54) is 0 Å². The van der Waals surface area contributed by atoms with Crippen LogP contribution in [0.15, 0.2) is 0 Å². The molecule has 1 unspecified atom stereocenters. The van der Waals surface area contributed by atoms with Gasteiger partial charge in [0.15, 0.2) is 0 Å². The van der Waals surface area contributed by atoms with E-state index in [0.29, 0.717) is 13.2 Å². The van der Waals surface area contributed by atoms with Crippen molar-refractivity contribution in [3.8, 4) is 0 Å². The molecule has 1 aliphatic heterocycles. The van der Waals surface area contributed by atoms with Gasteiger partial charge in [-0.3, -0.25) is 4.79 Å². The minimum Gasteiger partial charge on any atom is -0.480 e. The third kappa shape index (κ3) is 3.98. The largest absolute Gasteiger partial charge is 0.480 e. The summed E-state index contributed by atoms with van der Waals surface area (Å²) in [7, 11) is 0. The molecule has 98 valence electrons. The Hall–Kier alpha value is -1.14. The number of hydrogen-bond acceptors (Lipinski definition) is 4. The summed E-state index contributed by atoms with van der Waals surface area (Å²) in [6, 6.07) is -1.37. The van der Waals surface area contributed by atoms with Crippen LogP contribution in [0.25, 0.3) is 0 Å². The molecule has 0 bridgehead atoms. The highest BCUT2D eigenvalue weighted by atomic mass is 16.5. The maximum absolute atomic E-state index is 11.8. The molecule has 0 aromatic carbocycles. The first-order valence-corrected chi connectivity index (χ1v) is 5.66. The molecule has 0 aromatic rings. The van der Waals surface area contributed by atoms with E-state index in [2.05, 4.69) is 10.6 Å². The van der Waals surface area contributed by atoms with Crippen LogP contribution >= 0.6 is 0 Å². The van der Waals surface area contributed by atoms with E-state index in [0.717, 1.165) is 0 Å². The molecule has 3 N–H and O–H groups in total. The SMILES string of the molecule is CC(C)(C)[C@@H](NC(=O)C1COCCN1)C(=O)O. The molecule has 1 amide bonds. The average Bonchev–Trinajstić information content (AvgIpc) is 2.24. The Kier molecular flexibility index (Phi) is 4.47. The van der Waals surface area contributed by atoms with Crippen LogP contribution in [0.4, 0.5) is 0 Å². The fraction of sp³-hybridized carbons (Fsp3) is 0.818.